The van der Waals surface area contributed by atoms with Gasteiger partial charge < -0.3 is 0 Å². The summed E-state index contributed by atoms with van der Waals surface area (Å²) in [7, 11) is 0. The zero-order valence-corrected chi connectivity index (χ0v) is 8.88. The van der Waals surface area contributed by atoms with E-state index in [0.717, 1.165) is 6.04 Å². The molecule has 0 fully saturated rings. The smallest absolute Gasteiger partial charge is 0.0320 e. The topological polar surface area (TPSA) is 3.24 Å². The van der Waals surface area contributed by atoms with Crippen molar-refractivity contribution in [2.24, 2.45) is 0 Å². The Bertz CT molecular complexity index is 260. The van der Waals surface area contributed by atoms with Gasteiger partial charge in [-0.1, -0.05) is 19.1 Å². The van der Waals surface area contributed by atoms with Crippen molar-refractivity contribution in [1.29, 1.82) is 0 Å². The first-order chi connectivity index (χ1) is 6.24. The van der Waals surface area contributed by atoms with Crippen LogP contribution in [0.3, 0.4) is 0 Å². The van der Waals surface area contributed by atoms with Gasteiger partial charge in [0, 0.05) is 18.6 Å². The quantitative estimate of drug-likeness (QED) is 0.627. The van der Waals surface area contributed by atoms with E-state index < -0.39 is 0 Å². The van der Waals surface area contributed by atoms with Crippen LogP contribution in [-0.2, 0) is 0 Å². The molecule has 1 aliphatic carbocycles. The van der Waals surface area contributed by atoms with Crippen LogP contribution in [0.5, 0.6) is 0 Å². The Labute approximate surface area is 81.1 Å². The Morgan fingerprint density at radius 1 is 1.54 bits per heavy atom. The minimum Gasteiger partial charge on any atom is -0.290 e. The molecule has 1 heteroatoms. The molecule has 0 aromatic carbocycles. The third-order valence-electron chi connectivity index (χ3n) is 3.27. The van der Waals surface area contributed by atoms with Crippen LogP contribution in [0.1, 0.15) is 33.6 Å². The lowest BCUT2D eigenvalue weighted by atomic mass is 10.0. The predicted octanol–water partition coefficient (Wildman–Crippen LogP) is 2.75. The highest BCUT2D eigenvalue weighted by Gasteiger charge is 2.32. The van der Waals surface area contributed by atoms with Crippen LogP contribution in [0.4, 0.5) is 0 Å². The molecule has 1 aliphatic heterocycles. The van der Waals surface area contributed by atoms with Crippen molar-refractivity contribution in [1.82, 2.24) is 4.90 Å². The first-order valence-corrected chi connectivity index (χ1v) is 5.38. The second kappa shape index (κ2) is 3.30. The van der Waals surface area contributed by atoms with E-state index in [2.05, 4.69) is 37.8 Å². The van der Waals surface area contributed by atoms with Crippen molar-refractivity contribution in [2.75, 3.05) is 6.54 Å². The molecule has 72 valence electrons. The standard InChI is InChI=1S/C12H19N/c1-4-12-11-7-5-6-10(11)8-13(12)9(2)3/h5-6,9,12H,4,7-8H2,1-3H3. The fourth-order valence-corrected chi connectivity index (χ4v) is 2.60. The molecule has 0 amide bonds. The van der Waals surface area contributed by atoms with E-state index in [-0.39, 0.29) is 0 Å². The Morgan fingerprint density at radius 3 is 2.92 bits per heavy atom. The van der Waals surface area contributed by atoms with Gasteiger partial charge in [0.05, 0.1) is 0 Å². The lowest BCUT2D eigenvalue weighted by Crippen LogP contribution is -2.37. The number of hydrogen-bond donors (Lipinski definition) is 0. The highest BCUT2D eigenvalue weighted by atomic mass is 15.2. The van der Waals surface area contributed by atoms with Gasteiger partial charge in [-0.15, -0.1) is 0 Å². The highest BCUT2D eigenvalue weighted by molar-refractivity contribution is 5.42. The molecule has 0 saturated heterocycles. The molecule has 1 unspecified atom stereocenters. The van der Waals surface area contributed by atoms with E-state index >= 15 is 0 Å². The SMILES string of the molecule is CCC1C2=C(C=CC2)CN1C(C)C. The molecular formula is C12H19N. The molecule has 13 heavy (non-hydrogen) atoms. The molecule has 0 N–H and O–H groups in total. The summed E-state index contributed by atoms with van der Waals surface area (Å²) >= 11 is 0. The van der Waals surface area contributed by atoms with Gasteiger partial charge >= 0.3 is 0 Å². The van der Waals surface area contributed by atoms with E-state index in [9.17, 15) is 0 Å². The second-order valence-corrected chi connectivity index (χ2v) is 4.35. The molecule has 0 aromatic heterocycles. The summed E-state index contributed by atoms with van der Waals surface area (Å²) in [6.45, 7) is 8.08. The van der Waals surface area contributed by atoms with Gasteiger partial charge in [-0.3, -0.25) is 4.90 Å². The van der Waals surface area contributed by atoms with Gasteiger partial charge in [-0.2, -0.15) is 0 Å². The molecule has 0 spiro atoms. The molecule has 1 heterocycles. The van der Waals surface area contributed by atoms with Crippen LogP contribution in [-0.4, -0.2) is 23.5 Å². The maximum Gasteiger partial charge on any atom is 0.0320 e. The number of allylic oxidation sites excluding steroid dienone is 1. The monoisotopic (exact) mass is 177 g/mol. The minimum absolute atomic E-state index is 0.684. The van der Waals surface area contributed by atoms with Gasteiger partial charge in [0.2, 0.25) is 0 Å². The van der Waals surface area contributed by atoms with Crippen LogP contribution in [0, 0.1) is 0 Å². The van der Waals surface area contributed by atoms with Crippen molar-refractivity contribution in [3.8, 4) is 0 Å². The lowest BCUT2D eigenvalue weighted by molar-refractivity contribution is 0.206. The third kappa shape index (κ3) is 1.35. The molecule has 1 nitrogen and oxygen atoms in total. The maximum atomic E-state index is 2.62. The van der Waals surface area contributed by atoms with Crippen LogP contribution in [0.15, 0.2) is 23.3 Å². The number of hydrogen-bond acceptors (Lipinski definition) is 1. The largest absolute Gasteiger partial charge is 0.290 e. The van der Waals surface area contributed by atoms with E-state index in [1.165, 1.54) is 19.4 Å². The van der Waals surface area contributed by atoms with Crippen molar-refractivity contribution in [3.05, 3.63) is 23.3 Å². The van der Waals surface area contributed by atoms with Crippen LogP contribution >= 0.6 is 0 Å². The third-order valence-corrected chi connectivity index (χ3v) is 3.27. The molecule has 2 aliphatic rings. The van der Waals surface area contributed by atoms with Gasteiger partial charge in [-0.05, 0) is 37.8 Å². The van der Waals surface area contributed by atoms with Crippen LogP contribution < -0.4 is 0 Å². The molecule has 0 aromatic rings. The fraction of sp³-hybridized carbons (Fsp3) is 0.667. The van der Waals surface area contributed by atoms with Crippen molar-refractivity contribution < 1.29 is 0 Å². The zero-order valence-electron chi connectivity index (χ0n) is 8.88. The molecular weight excluding hydrogens is 158 g/mol. The number of rotatable bonds is 2. The Hall–Kier alpha value is -0.560. The van der Waals surface area contributed by atoms with Gasteiger partial charge in [0.15, 0.2) is 0 Å². The summed E-state index contributed by atoms with van der Waals surface area (Å²) in [6.07, 6.45) is 7.10. The average Bonchev–Trinajstić information content (AvgIpc) is 2.60. The van der Waals surface area contributed by atoms with E-state index in [4.69, 9.17) is 0 Å². The van der Waals surface area contributed by atoms with Crippen molar-refractivity contribution in [2.45, 2.75) is 45.7 Å². The first kappa shape index (κ1) is 9.01. The average molecular weight is 177 g/mol. The van der Waals surface area contributed by atoms with Crippen LogP contribution in [0.2, 0.25) is 0 Å². The molecule has 0 saturated carbocycles. The zero-order chi connectivity index (χ0) is 9.42. The van der Waals surface area contributed by atoms with Gasteiger partial charge in [-0.25, -0.2) is 0 Å². The lowest BCUT2D eigenvalue weighted by Gasteiger charge is -2.29. The summed E-state index contributed by atoms with van der Waals surface area (Å²) in [4.78, 5) is 2.62. The highest BCUT2D eigenvalue weighted by Crippen LogP contribution is 2.35. The van der Waals surface area contributed by atoms with Crippen LogP contribution in [0.25, 0.3) is 0 Å². The Kier molecular flexibility index (Phi) is 2.29. The Morgan fingerprint density at radius 2 is 2.31 bits per heavy atom. The fourth-order valence-electron chi connectivity index (χ4n) is 2.60. The molecule has 0 bridgehead atoms. The van der Waals surface area contributed by atoms with Gasteiger partial charge in [0.25, 0.3) is 0 Å². The number of nitrogens with zero attached hydrogens (tertiary/aromatic N) is 1. The van der Waals surface area contributed by atoms with E-state index in [1.54, 1.807) is 11.1 Å². The summed E-state index contributed by atoms with van der Waals surface area (Å²) < 4.78 is 0. The summed E-state index contributed by atoms with van der Waals surface area (Å²) in [6, 6.07) is 1.41. The van der Waals surface area contributed by atoms with Crippen molar-refractivity contribution >= 4 is 0 Å². The second-order valence-electron chi connectivity index (χ2n) is 4.35. The molecule has 0 radical (unpaired) electrons. The van der Waals surface area contributed by atoms with Crippen molar-refractivity contribution in [3.63, 3.8) is 0 Å². The van der Waals surface area contributed by atoms with E-state index in [0.29, 0.717) is 6.04 Å². The summed E-state index contributed by atoms with van der Waals surface area (Å²) in [5.41, 5.74) is 3.29. The van der Waals surface area contributed by atoms with E-state index in [1.807, 2.05) is 0 Å². The predicted molar refractivity (Wildman–Crippen MR) is 56.7 cm³/mol. The van der Waals surface area contributed by atoms with Gasteiger partial charge in [0.1, 0.15) is 0 Å². The summed E-state index contributed by atoms with van der Waals surface area (Å²) in [5.74, 6) is 0. The normalized spacial score (nSPS) is 27.8. The Balaban J connectivity index is 2.18. The minimum atomic E-state index is 0.684. The first-order valence-electron chi connectivity index (χ1n) is 5.38. The molecule has 2 rings (SSSR count). The summed E-state index contributed by atoms with van der Waals surface area (Å²) in [5, 5.41) is 0. The maximum absolute atomic E-state index is 2.62. The molecule has 1 atom stereocenters.